The van der Waals surface area contributed by atoms with Gasteiger partial charge >= 0.3 is 5.69 Å². The van der Waals surface area contributed by atoms with E-state index in [1.165, 1.54) is 9.13 Å². The molecule has 0 bridgehead atoms. The van der Waals surface area contributed by atoms with E-state index < -0.39 is 0 Å². The van der Waals surface area contributed by atoms with Crippen molar-refractivity contribution in [3.05, 3.63) is 104 Å². The fraction of sp³-hybridized carbons (Fsp3) is 0.240. The first-order valence-corrected chi connectivity index (χ1v) is 10.7. The number of hydrogen-bond donors (Lipinski definition) is 0. The Kier molecular flexibility index (Phi) is 4.62. The maximum absolute atomic E-state index is 13.5. The van der Waals surface area contributed by atoms with Crippen molar-refractivity contribution in [2.24, 2.45) is 7.05 Å². The zero-order chi connectivity index (χ0) is 22.6. The summed E-state index contributed by atoms with van der Waals surface area (Å²) in [5, 5.41) is 0. The fourth-order valence-corrected chi connectivity index (χ4v) is 4.48. The summed E-state index contributed by atoms with van der Waals surface area (Å²) in [6.45, 7) is 6.32. The molecule has 0 fully saturated rings. The summed E-state index contributed by atoms with van der Waals surface area (Å²) >= 11 is 0. The van der Waals surface area contributed by atoms with Crippen molar-refractivity contribution in [2.45, 2.75) is 33.4 Å². The van der Waals surface area contributed by atoms with Crippen LogP contribution in [-0.2, 0) is 13.6 Å². The molecule has 0 spiro atoms. The lowest BCUT2D eigenvalue weighted by molar-refractivity contribution is 0.638. The lowest BCUT2D eigenvalue weighted by Crippen LogP contribution is -2.39. The van der Waals surface area contributed by atoms with Crippen LogP contribution >= 0.6 is 0 Å². The Morgan fingerprint density at radius 1 is 0.969 bits per heavy atom. The van der Waals surface area contributed by atoms with Crippen LogP contribution in [0.2, 0.25) is 0 Å². The minimum absolute atomic E-state index is 0.0248. The van der Waals surface area contributed by atoms with Crippen molar-refractivity contribution in [3.63, 3.8) is 0 Å². The molecule has 0 saturated heterocycles. The van der Waals surface area contributed by atoms with E-state index in [-0.39, 0.29) is 23.8 Å². The monoisotopic (exact) mass is 427 g/mol. The SMILES string of the molecule is Cc1ccccc1Cn1c(=O)c2c(nc3n(C(C)c4ccccc4)c(C)cn23)n(C)c1=O. The smallest absolute Gasteiger partial charge is 0.307 e. The van der Waals surface area contributed by atoms with Crippen LogP contribution in [0, 0.1) is 13.8 Å². The van der Waals surface area contributed by atoms with E-state index in [1.807, 2.05) is 66.9 Å². The van der Waals surface area contributed by atoms with Gasteiger partial charge in [-0.15, -0.1) is 0 Å². The lowest BCUT2D eigenvalue weighted by atomic mass is 10.1. The number of nitrogens with zero attached hydrogens (tertiary/aromatic N) is 5. The molecule has 0 amide bonds. The highest BCUT2D eigenvalue weighted by Crippen LogP contribution is 2.25. The molecule has 0 aliphatic rings. The van der Waals surface area contributed by atoms with Gasteiger partial charge in [0.2, 0.25) is 5.78 Å². The number of fused-ring (bicyclic) bond motifs is 3. The molecular weight excluding hydrogens is 402 g/mol. The summed E-state index contributed by atoms with van der Waals surface area (Å²) in [4.78, 5) is 31.4. The summed E-state index contributed by atoms with van der Waals surface area (Å²) in [6.07, 6.45) is 1.92. The first-order valence-electron chi connectivity index (χ1n) is 10.7. The van der Waals surface area contributed by atoms with Crippen LogP contribution in [0.5, 0.6) is 0 Å². The van der Waals surface area contributed by atoms with Crippen LogP contribution in [0.25, 0.3) is 16.9 Å². The van der Waals surface area contributed by atoms with Gasteiger partial charge in [0.05, 0.1) is 12.6 Å². The molecule has 2 aromatic carbocycles. The second-order valence-corrected chi connectivity index (χ2v) is 8.34. The van der Waals surface area contributed by atoms with Crippen molar-refractivity contribution in [1.29, 1.82) is 0 Å². The molecule has 162 valence electrons. The zero-order valence-electron chi connectivity index (χ0n) is 18.6. The van der Waals surface area contributed by atoms with Gasteiger partial charge in [0.25, 0.3) is 5.56 Å². The number of rotatable bonds is 4. The molecule has 1 atom stereocenters. The van der Waals surface area contributed by atoms with Crippen molar-refractivity contribution < 1.29 is 0 Å². The molecule has 0 saturated carbocycles. The van der Waals surface area contributed by atoms with E-state index in [1.54, 1.807) is 7.05 Å². The second-order valence-electron chi connectivity index (χ2n) is 8.34. The van der Waals surface area contributed by atoms with E-state index in [2.05, 4.69) is 23.6 Å². The molecule has 0 aliphatic carbocycles. The average molecular weight is 428 g/mol. The summed E-state index contributed by atoms with van der Waals surface area (Å²) in [5.41, 5.74) is 4.23. The van der Waals surface area contributed by atoms with Crippen LogP contribution in [0.1, 0.15) is 35.3 Å². The Morgan fingerprint density at radius 2 is 1.66 bits per heavy atom. The highest BCUT2D eigenvalue weighted by Gasteiger charge is 2.22. The Labute approximate surface area is 184 Å². The number of benzene rings is 2. The van der Waals surface area contributed by atoms with E-state index in [4.69, 9.17) is 4.98 Å². The van der Waals surface area contributed by atoms with E-state index in [0.29, 0.717) is 16.9 Å². The largest absolute Gasteiger partial charge is 0.332 e. The number of imidazole rings is 2. The van der Waals surface area contributed by atoms with Gasteiger partial charge in [-0.25, -0.2) is 4.79 Å². The topological polar surface area (TPSA) is 66.2 Å². The number of aryl methyl sites for hydroxylation is 3. The van der Waals surface area contributed by atoms with Gasteiger partial charge < -0.3 is 4.57 Å². The fourth-order valence-electron chi connectivity index (χ4n) is 4.48. The van der Waals surface area contributed by atoms with Crippen LogP contribution in [0.3, 0.4) is 0 Å². The second kappa shape index (κ2) is 7.37. The molecular formula is C25H25N5O2. The van der Waals surface area contributed by atoms with Crippen molar-refractivity contribution >= 4 is 16.9 Å². The molecule has 7 nitrogen and oxygen atoms in total. The average Bonchev–Trinajstić information content (AvgIpc) is 3.31. The lowest BCUT2D eigenvalue weighted by Gasteiger charge is -2.16. The molecule has 0 radical (unpaired) electrons. The van der Waals surface area contributed by atoms with Crippen LogP contribution < -0.4 is 11.2 Å². The predicted octanol–water partition coefficient (Wildman–Crippen LogP) is 3.42. The third kappa shape index (κ3) is 2.92. The van der Waals surface area contributed by atoms with Crippen LogP contribution in [-0.4, -0.2) is 23.1 Å². The quantitative estimate of drug-likeness (QED) is 0.441. The predicted molar refractivity (Wildman–Crippen MR) is 125 cm³/mol. The first-order chi connectivity index (χ1) is 15.4. The zero-order valence-corrected chi connectivity index (χ0v) is 18.6. The Hall–Kier alpha value is -3.87. The summed E-state index contributed by atoms with van der Waals surface area (Å²) in [5.74, 6) is 0.648. The van der Waals surface area contributed by atoms with Crippen molar-refractivity contribution in [1.82, 2.24) is 23.1 Å². The molecule has 1 unspecified atom stereocenters. The maximum Gasteiger partial charge on any atom is 0.332 e. The van der Waals surface area contributed by atoms with Gasteiger partial charge in [-0.3, -0.25) is 18.3 Å². The minimum atomic E-state index is -0.370. The summed E-state index contributed by atoms with van der Waals surface area (Å²) in [6, 6.07) is 18.0. The van der Waals surface area contributed by atoms with Gasteiger partial charge in [0.1, 0.15) is 0 Å². The van der Waals surface area contributed by atoms with E-state index in [0.717, 1.165) is 22.4 Å². The highest BCUT2D eigenvalue weighted by molar-refractivity contribution is 5.75. The van der Waals surface area contributed by atoms with Gasteiger partial charge in [-0.2, -0.15) is 4.98 Å². The molecule has 32 heavy (non-hydrogen) atoms. The maximum atomic E-state index is 13.5. The number of aromatic nitrogens is 5. The normalized spacial score (nSPS) is 12.6. The third-order valence-electron chi connectivity index (χ3n) is 6.33. The van der Waals surface area contributed by atoms with Crippen LogP contribution in [0.15, 0.2) is 70.4 Å². The van der Waals surface area contributed by atoms with E-state index in [9.17, 15) is 9.59 Å². The minimum Gasteiger partial charge on any atom is -0.307 e. The van der Waals surface area contributed by atoms with Gasteiger partial charge in [-0.05, 0) is 37.5 Å². The summed E-state index contributed by atoms with van der Waals surface area (Å²) in [7, 11) is 1.67. The summed E-state index contributed by atoms with van der Waals surface area (Å²) < 4.78 is 6.69. The van der Waals surface area contributed by atoms with Gasteiger partial charge in [-0.1, -0.05) is 54.6 Å². The first kappa shape index (κ1) is 20.1. The Morgan fingerprint density at radius 3 is 2.38 bits per heavy atom. The van der Waals surface area contributed by atoms with E-state index >= 15 is 0 Å². The standard InChI is InChI=1S/C25H25N5O2/c1-16-10-8-9-13-20(16)15-29-23(31)21-22(27(4)25(29)32)26-24-28(21)14-17(2)30(24)18(3)19-11-6-5-7-12-19/h5-14,18H,15H2,1-4H3. The number of hydrogen-bond acceptors (Lipinski definition) is 3. The van der Waals surface area contributed by atoms with Crippen molar-refractivity contribution in [3.8, 4) is 0 Å². The molecule has 0 aliphatic heterocycles. The molecule has 7 heteroatoms. The highest BCUT2D eigenvalue weighted by atomic mass is 16.2. The van der Waals surface area contributed by atoms with Gasteiger partial charge in [0, 0.05) is 18.9 Å². The molecule has 3 aromatic heterocycles. The Bertz CT molecular complexity index is 1580. The van der Waals surface area contributed by atoms with Crippen molar-refractivity contribution in [2.75, 3.05) is 0 Å². The Balaban J connectivity index is 1.76. The molecule has 5 rings (SSSR count). The van der Waals surface area contributed by atoms with Gasteiger partial charge in [0.15, 0.2) is 11.2 Å². The molecule has 0 N–H and O–H groups in total. The third-order valence-corrected chi connectivity index (χ3v) is 6.33. The molecule has 5 aromatic rings. The molecule has 3 heterocycles. The van der Waals surface area contributed by atoms with Crippen LogP contribution in [0.4, 0.5) is 0 Å².